The molecule has 0 aliphatic rings. The van der Waals surface area contributed by atoms with Gasteiger partial charge in [0.05, 0.1) is 4.90 Å². The number of anilines is 2. The number of aryl methyl sites for hydroxylation is 2. The molecule has 2 aromatic carbocycles. The van der Waals surface area contributed by atoms with Crippen molar-refractivity contribution < 1.29 is 8.42 Å². The zero-order chi connectivity index (χ0) is 19.3. The van der Waals surface area contributed by atoms with Gasteiger partial charge in [0.1, 0.15) is 0 Å². The van der Waals surface area contributed by atoms with Gasteiger partial charge < -0.3 is 5.32 Å². The van der Waals surface area contributed by atoms with Crippen molar-refractivity contribution in [3.05, 3.63) is 78.1 Å². The molecule has 0 bridgehead atoms. The van der Waals surface area contributed by atoms with Gasteiger partial charge in [-0.3, -0.25) is 5.32 Å². The van der Waals surface area contributed by atoms with Gasteiger partial charge >= 0.3 is 0 Å². The number of sulfonamides is 1. The Kier molecular flexibility index (Phi) is 5.46. The molecule has 3 aromatic rings. The molecule has 0 unspecified atom stereocenters. The molecule has 0 spiro atoms. The molecule has 2 N–H and O–H groups in total. The summed E-state index contributed by atoms with van der Waals surface area (Å²) in [4.78, 5) is 8.66. The summed E-state index contributed by atoms with van der Waals surface area (Å²) < 4.78 is 29.2. The fourth-order valence-corrected chi connectivity index (χ4v) is 3.33. The average molecular weight is 381 g/mol. The SMILES string of the molecule is Cc1cc(C)nc(N/C(=N/S(=O)(=O)c2ccccc2)Nc2ccccc2)n1. The number of nitrogens with one attached hydrogen (secondary N) is 2. The van der Waals surface area contributed by atoms with Gasteiger partial charge in [-0.2, -0.15) is 8.42 Å². The van der Waals surface area contributed by atoms with Crippen molar-refractivity contribution in [3.63, 3.8) is 0 Å². The van der Waals surface area contributed by atoms with Gasteiger partial charge in [0.15, 0.2) is 0 Å². The van der Waals surface area contributed by atoms with Crippen molar-refractivity contribution in [1.29, 1.82) is 0 Å². The Bertz CT molecular complexity index is 1030. The fraction of sp³-hybridized carbons (Fsp3) is 0.105. The van der Waals surface area contributed by atoms with E-state index < -0.39 is 10.0 Å². The number of benzene rings is 2. The maximum absolute atomic E-state index is 12.6. The molecular formula is C19H19N5O2S. The summed E-state index contributed by atoms with van der Waals surface area (Å²) in [5.41, 5.74) is 2.20. The highest BCUT2D eigenvalue weighted by atomic mass is 32.2. The maximum Gasteiger partial charge on any atom is 0.285 e. The van der Waals surface area contributed by atoms with E-state index in [1.165, 1.54) is 12.1 Å². The lowest BCUT2D eigenvalue weighted by Gasteiger charge is -2.12. The van der Waals surface area contributed by atoms with Crippen molar-refractivity contribution in [1.82, 2.24) is 9.97 Å². The smallest absolute Gasteiger partial charge is 0.285 e. The standard InChI is InChI=1S/C19H19N5O2S/c1-14-13-15(2)21-18(20-14)23-19(22-16-9-5-3-6-10-16)24-27(25,26)17-11-7-4-8-12-17/h3-13H,1-2H3,(H2,20,21,22,23,24). The monoisotopic (exact) mass is 381 g/mol. The molecule has 1 aromatic heterocycles. The van der Waals surface area contributed by atoms with E-state index in [9.17, 15) is 8.42 Å². The van der Waals surface area contributed by atoms with Crippen LogP contribution in [0, 0.1) is 13.8 Å². The highest BCUT2D eigenvalue weighted by molar-refractivity contribution is 7.90. The molecular weight excluding hydrogens is 362 g/mol. The lowest BCUT2D eigenvalue weighted by Crippen LogP contribution is -2.25. The Morgan fingerprint density at radius 2 is 1.41 bits per heavy atom. The van der Waals surface area contributed by atoms with Crippen molar-refractivity contribution in [2.45, 2.75) is 18.7 Å². The van der Waals surface area contributed by atoms with E-state index in [1.807, 2.05) is 38.1 Å². The Morgan fingerprint density at radius 1 is 0.852 bits per heavy atom. The van der Waals surface area contributed by atoms with Crippen molar-refractivity contribution in [3.8, 4) is 0 Å². The van der Waals surface area contributed by atoms with Crippen molar-refractivity contribution in [2.75, 3.05) is 10.6 Å². The van der Waals surface area contributed by atoms with Crippen LogP contribution in [-0.2, 0) is 10.0 Å². The minimum atomic E-state index is -3.91. The first-order valence-electron chi connectivity index (χ1n) is 8.24. The van der Waals surface area contributed by atoms with E-state index in [0.717, 1.165) is 11.4 Å². The first kappa shape index (κ1) is 18.5. The van der Waals surface area contributed by atoms with Gasteiger partial charge in [-0.1, -0.05) is 36.4 Å². The third kappa shape index (κ3) is 5.11. The van der Waals surface area contributed by atoms with Gasteiger partial charge in [0.25, 0.3) is 10.0 Å². The van der Waals surface area contributed by atoms with Crippen LogP contribution in [0.1, 0.15) is 11.4 Å². The van der Waals surface area contributed by atoms with E-state index in [0.29, 0.717) is 5.69 Å². The van der Waals surface area contributed by atoms with Gasteiger partial charge in [-0.25, -0.2) is 9.97 Å². The number of aromatic nitrogens is 2. The van der Waals surface area contributed by atoms with Gasteiger partial charge in [-0.15, -0.1) is 4.40 Å². The molecule has 8 heteroatoms. The van der Waals surface area contributed by atoms with E-state index in [-0.39, 0.29) is 16.8 Å². The molecule has 0 fully saturated rings. The quantitative estimate of drug-likeness (QED) is 0.531. The zero-order valence-corrected chi connectivity index (χ0v) is 15.7. The number of rotatable bonds is 4. The zero-order valence-electron chi connectivity index (χ0n) is 14.9. The third-order valence-electron chi connectivity index (χ3n) is 3.50. The minimum Gasteiger partial charge on any atom is -0.325 e. The van der Waals surface area contributed by atoms with Crippen molar-refractivity contribution in [2.24, 2.45) is 4.40 Å². The molecule has 0 aliphatic heterocycles. The van der Waals surface area contributed by atoms with Crippen molar-refractivity contribution >= 4 is 27.6 Å². The number of nitrogens with zero attached hydrogens (tertiary/aromatic N) is 3. The van der Waals surface area contributed by atoms with Gasteiger partial charge in [0, 0.05) is 17.1 Å². The molecule has 0 radical (unpaired) electrons. The molecule has 0 atom stereocenters. The van der Waals surface area contributed by atoms with E-state index >= 15 is 0 Å². The molecule has 1 heterocycles. The summed E-state index contributed by atoms with van der Waals surface area (Å²) >= 11 is 0. The molecule has 0 amide bonds. The van der Waals surface area contributed by atoms with Crippen LogP contribution in [-0.4, -0.2) is 24.3 Å². The molecule has 3 rings (SSSR count). The fourth-order valence-electron chi connectivity index (χ4n) is 2.39. The summed E-state index contributed by atoms with van der Waals surface area (Å²) in [7, 11) is -3.91. The summed E-state index contributed by atoms with van der Waals surface area (Å²) in [5.74, 6) is 0.271. The van der Waals surface area contributed by atoms with E-state index in [1.54, 1.807) is 30.3 Å². The number of hydrogen-bond donors (Lipinski definition) is 2. The second-order valence-corrected chi connectivity index (χ2v) is 7.42. The molecule has 0 saturated heterocycles. The molecule has 7 nitrogen and oxygen atoms in total. The summed E-state index contributed by atoms with van der Waals surface area (Å²) in [6.07, 6.45) is 0. The second-order valence-electron chi connectivity index (χ2n) is 5.82. The van der Waals surface area contributed by atoms with Crippen LogP contribution < -0.4 is 10.6 Å². The molecule has 0 aliphatic carbocycles. The van der Waals surface area contributed by atoms with Crippen LogP contribution in [0.3, 0.4) is 0 Å². The second kappa shape index (κ2) is 7.96. The van der Waals surface area contributed by atoms with Crippen LogP contribution in [0.4, 0.5) is 11.6 Å². The predicted octanol–water partition coefficient (Wildman–Crippen LogP) is 3.36. The first-order valence-corrected chi connectivity index (χ1v) is 9.68. The van der Waals surface area contributed by atoms with Gasteiger partial charge in [0.2, 0.25) is 11.9 Å². The Balaban J connectivity index is 1.99. The van der Waals surface area contributed by atoms with Crippen LogP contribution in [0.15, 0.2) is 76.0 Å². The molecule has 0 saturated carbocycles. The molecule has 138 valence electrons. The molecule has 27 heavy (non-hydrogen) atoms. The largest absolute Gasteiger partial charge is 0.325 e. The number of hydrogen-bond acceptors (Lipinski definition) is 4. The number of guanidine groups is 1. The topological polar surface area (TPSA) is 96.3 Å². The first-order chi connectivity index (χ1) is 12.9. The third-order valence-corrected chi connectivity index (χ3v) is 4.79. The van der Waals surface area contributed by atoms with E-state index in [4.69, 9.17) is 0 Å². The van der Waals surface area contributed by atoms with E-state index in [2.05, 4.69) is 25.0 Å². The normalized spacial score (nSPS) is 11.9. The lowest BCUT2D eigenvalue weighted by molar-refractivity contribution is 0.598. The van der Waals surface area contributed by atoms with Gasteiger partial charge in [-0.05, 0) is 44.2 Å². The average Bonchev–Trinajstić information content (AvgIpc) is 2.62. The predicted molar refractivity (Wildman–Crippen MR) is 106 cm³/mol. The minimum absolute atomic E-state index is 0.00931. The maximum atomic E-state index is 12.6. The summed E-state index contributed by atoms with van der Waals surface area (Å²) in [6, 6.07) is 19.0. The lowest BCUT2D eigenvalue weighted by atomic mass is 10.3. The Labute approximate surface area is 158 Å². The summed E-state index contributed by atoms with van der Waals surface area (Å²) in [5, 5.41) is 5.84. The van der Waals surface area contributed by atoms with Crippen LogP contribution in [0.25, 0.3) is 0 Å². The van der Waals surface area contributed by atoms with Crippen LogP contribution in [0.2, 0.25) is 0 Å². The highest BCUT2D eigenvalue weighted by Gasteiger charge is 2.15. The Hall–Kier alpha value is -3.26. The highest BCUT2D eigenvalue weighted by Crippen LogP contribution is 2.14. The number of para-hydroxylation sites is 1. The van der Waals surface area contributed by atoms with Crippen LogP contribution in [0.5, 0.6) is 0 Å². The van der Waals surface area contributed by atoms with Crippen LogP contribution >= 0.6 is 0 Å². The summed E-state index contributed by atoms with van der Waals surface area (Å²) in [6.45, 7) is 3.67. The Morgan fingerprint density at radius 3 is 2.00 bits per heavy atom.